The summed E-state index contributed by atoms with van der Waals surface area (Å²) in [5, 5.41) is 38.7. The molecule has 0 bridgehead atoms. The second-order valence-electron chi connectivity index (χ2n) is 6.95. The Morgan fingerprint density at radius 2 is 1.96 bits per heavy atom. The number of allylic oxidation sites excluding steroid dienone is 1. The fourth-order valence-electron chi connectivity index (χ4n) is 2.98. The number of carbonyl (C=O) groups is 1. The summed E-state index contributed by atoms with van der Waals surface area (Å²) in [5.74, 6) is -0.798. The Balaban J connectivity index is 2.30. The summed E-state index contributed by atoms with van der Waals surface area (Å²) in [5.41, 5.74) is 0. The fourth-order valence-corrected chi connectivity index (χ4v) is 2.98. The van der Waals surface area contributed by atoms with Crippen LogP contribution in [0.15, 0.2) is 24.3 Å². The number of carboxylic acids is 1. The molecule has 1 fully saturated rings. The van der Waals surface area contributed by atoms with E-state index in [1.54, 1.807) is 12.2 Å². The number of carboxylic acid groups (broad SMARTS) is 1. The van der Waals surface area contributed by atoms with E-state index in [0.717, 1.165) is 19.3 Å². The Morgan fingerprint density at radius 1 is 1.19 bits per heavy atom. The number of unbranched alkanes of at least 4 members (excludes halogenated alkanes) is 3. The predicted molar refractivity (Wildman–Crippen MR) is 99.8 cm³/mol. The first kappa shape index (κ1) is 22.8. The Bertz CT molecular complexity index is 448. The van der Waals surface area contributed by atoms with Gasteiger partial charge in [-0.05, 0) is 25.7 Å². The molecule has 5 atom stereocenters. The number of hydrogen-bond acceptors (Lipinski definition) is 5. The molecular formula is C20H34O6. The summed E-state index contributed by atoms with van der Waals surface area (Å²) in [6.45, 7) is 2.11. The summed E-state index contributed by atoms with van der Waals surface area (Å²) in [4.78, 5) is 10.4. The molecule has 150 valence electrons. The molecule has 0 aromatic carbocycles. The lowest BCUT2D eigenvalue weighted by Crippen LogP contribution is -2.24. The van der Waals surface area contributed by atoms with Crippen molar-refractivity contribution in [3.05, 3.63) is 24.3 Å². The van der Waals surface area contributed by atoms with Crippen LogP contribution in [0.1, 0.15) is 64.7 Å². The maximum atomic E-state index is 10.4. The van der Waals surface area contributed by atoms with Gasteiger partial charge in [-0.25, -0.2) is 0 Å². The van der Waals surface area contributed by atoms with Crippen LogP contribution < -0.4 is 0 Å². The first-order valence-electron chi connectivity index (χ1n) is 9.68. The topological polar surface area (TPSA) is 107 Å². The fraction of sp³-hybridized carbons (Fsp3) is 0.750. The van der Waals surface area contributed by atoms with Crippen LogP contribution in [0.5, 0.6) is 0 Å². The van der Waals surface area contributed by atoms with Crippen molar-refractivity contribution >= 4 is 5.97 Å². The lowest BCUT2D eigenvalue weighted by atomic mass is 10.0. The van der Waals surface area contributed by atoms with E-state index < -0.39 is 30.4 Å². The van der Waals surface area contributed by atoms with Gasteiger partial charge in [-0.2, -0.15) is 0 Å². The summed E-state index contributed by atoms with van der Waals surface area (Å²) < 4.78 is 5.73. The van der Waals surface area contributed by atoms with Crippen molar-refractivity contribution in [3.63, 3.8) is 0 Å². The minimum atomic E-state index is -0.852. The monoisotopic (exact) mass is 370 g/mol. The van der Waals surface area contributed by atoms with Crippen LogP contribution in [0.3, 0.4) is 0 Å². The van der Waals surface area contributed by atoms with Gasteiger partial charge >= 0.3 is 5.97 Å². The zero-order valence-corrected chi connectivity index (χ0v) is 15.7. The van der Waals surface area contributed by atoms with E-state index in [0.29, 0.717) is 32.1 Å². The molecule has 1 heterocycles. The second kappa shape index (κ2) is 13.0. The molecule has 1 rings (SSSR count). The highest BCUT2D eigenvalue weighted by Gasteiger charge is 2.36. The van der Waals surface area contributed by atoms with Gasteiger partial charge in [0, 0.05) is 12.8 Å². The highest BCUT2D eigenvalue weighted by atomic mass is 16.5. The van der Waals surface area contributed by atoms with E-state index in [1.807, 2.05) is 12.2 Å². The molecule has 0 saturated carbocycles. The summed E-state index contributed by atoms with van der Waals surface area (Å²) in [6, 6.07) is 0. The summed E-state index contributed by atoms with van der Waals surface area (Å²) in [6.07, 6.45) is 10.2. The van der Waals surface area contributed by atoms with Gasteiger partial charge in [-0.1, -0.05) is 50.5 Å². The van der Waals surface area contributed by atoms with Crippen molar-refractivity contribution in [1.29, 1.82) is 0 Å². The maximum Gasteiger partial charge on any atom is 0.303 e. The third-order valence-electron chi connectivity index (χ3n) is 4.56. The predicted octanol–water partition coefficient (Wildman–Crippen LogP) is 2.56. The van der Waals surface area contributed by atoms with Gasteiger partial charge in [0.25, 0.3) is 0 Å². The Kier molecular flexibility index (Phi) is 11.4. The van der Waals surface area contributed by atoms with Crippen LogP contribution >= 0.6 is 0 Å². The molecule has 6 heteroatoms. The molecule has 0 spiro atoms. The molecule has 4 N–H and O–H groups in total. The van der Waals surface area contributed by atoms with Crippen LogP contribution in [0.2, 0.25) is 0 Å². The van der Waals surface area contributed by atoms with Crippen LogP contribution in [-0.2, 0) is 9.53 Å². The minimum Gasteiger partial charge on any atom is -0.481 e. The van der Waals surface area contributed by atoms with Crippen LogP contribution in [0.25, 0.3) is 0 Å². The molecular weight excluding hydrogens is 336 g/mol. The molecule has 6 nitrogen and oxygen atoms in total. The van der Waals surface area contributed by atoms with E-state index in [-0.39, 0.29) is 12.5 Å². The van der Waals surface area contributed by atoms with Crippen molar-refractivity contribution < 1.29 is 30.0 Å². The van der Waals surface area contributed by atoms with Crippen molar-refractivity contribution in [2.45, 2.75) is 95.2 Å². The minimum absolute atomic E-state index is 0.151. The second-order valence-corrected chi connectivity index (χ2v) is 6.95. The molecule has 1 aliphatic heterocycles. The van der Waals surface area contributed by atoms with Gasteiger partial charge in [-0.15, -0.1) is 0 Å². The van der Waals surface area contributed by atoms with Gasteiger partial charge in [0.1, 0.15) is 0 Å². The maximum absolute atomic E-state index is 10.4. The third kappa shape index (κ3) is 9.48. The van der Waals surface area contributed by atoms with Crippen LogP contribution in [-0.4, -0.2) is 56.9 Å². The molecule has 0 aromatic heterocycles. The Morgan fingerprint density at radius 3 is 2.65 bits per heavy atom. The van der Waals surface area contributed by atoms with Crippen LogP contribution in [0, 0.1) is 0 Å². The number of aliphatic carboxylic acids is 1. The summed E-state index contributed by atoms with van der Waals surface area (Å²) >= 11 is 0. The van der Waals surface area contributed by atoms with Gasteiger partial charge in [-0.3, -0.25) is 4.79 Å². The highest BCUT2D eigenvalue weighted by molar-refractivity contribution is 5.66. The Labute approximate surface area is 156 Å². The van der Waals surface area contributed by atoms with Gasteiger partial charge in [0.2, 0.25) is 0 Å². The molecule has 0 amide bonds. The number of rotatable bonds is 13. The average Bonchev–Trinajstić information content (AvgIpc) is 2.97. The lowest BCUT2D eigenvalue weighted by molar-refractivity contribution is -0.137. The van der Waals surface area contributed by atoms with Crippen molar-refractivity contribution in [3.8, 4) is 0 Å². The zero-order valence-electron chi connectivity index (χ0n) is 15.7. The molecule has 0 radical (unpaired) electrons. The molecule has 1 saturated heterocycles. The molecule has 0 aromatic rings. The summed E-state index contributed by atoms with van der Waals surface area (Å²) in [7, 11) is 0. The quantitative estimate of drug-likeness (QED) is 0.293. The standard InChI is InChI=1S/C20H34O6/c1-2-3-6-9-15(21)12-13-16(22)19-14-17(23)18(26-19)10-7-4-5-8-11-20(24)25/h4,7,12-13,15-19,21-23H,2-3,5-6,8-11,14H2,1H3,(H,24,25)/b7-4-,13-12+/t15-,16+,17-,18-,19-/m0/s1. The van der Waals surface area contributed by atoms with E-state index in [4.69, 9.17) is 9.84 Å². The average molecular weight is 370 g/mol. The van der Waals surface area contributed by atoms with Crippen molar-refractivity contribution in [2.24, 2.45) is 0 Å². The van der Waals surface area contributed by atoms with Crippen LogP contribution in [0.4, 0.5) is 0 Å². The van der Waals surface area contributed by atoms with E-state index >= 15 is 0 Å². The number of aliphatic hydroxyl groups is 3. The van der Waals surface area contributed by atoms with Crippen molar-refractivity contribution in [1.82, 2.24) is 0 Å². The smallest absolute Gasteiger partial charge is 0.303 e. The zero-order chi connectivity index (χ0) is 19.4. The normalized spacial score (nSPS) is 25.9. The first-order chi connectivity index (χ1) is 12.4. The number of hydrogen-bond donors (Lipinski definition) is 4. The highest BCUT2D eigenvalue weighted by Crippen LogP contribution is 2.26. The van der Waals surface area contributed by atoms with Gasteiger partial charge < -0.3 is 25.2 Å². The molecule has 0 aliphatic carbocycles. The van der Waals surface area contributed by atoms with E-state index in [2.05, 4.69) is 6.92 Å². The SMILES string of the molecule is CCCCC[C@H](O)/C=C/[C@@H](O)[C@@H]1C[C@H](O)[C@H](C/C=C\CCCC(=O)O)O1. The van der Waals surface area contributed by atoms with Crippen molar-refractivity contribution in [2.75, 3.05) is 0 Å². The number of aliphatic hydroxyl groups excluding tert-OH is 3. The van der Waals surface area contributed by atoms with Gasteiger partial charge in [0.05, 0.1) is 30.5 Å². The lowest BCUT2D eigenvalue weighted by Gasteiger charge is -2.16. The largest absolute Gasteiger partial charge is 0.481 e. The number of ether oxygens (including phenoxy) is 1. The van der Waals surface area contributed by atoms with E-state index in [1.165, 1.54) is 0 Å². The molecule has 0 unspecified atom stereocenters. The van der Waals surface area contributed by atoms with Gasteiger partial charge in [0.15, 0.2) is 0 Å². The van der Waals surface area contributed by atoms with E-state index in [9.17, 15) is 20.1 Å². The molecule has 1 aliphatic rings. The Hall–Kier alpha value is -1.21. The third-order valence-corrected chi connectivity index (χ3v) is 4.56. The first-order valence-corrected chi connectivity index (χ1v) is 9.68. The molecule has 26 heavy (non-hydrogen) atoms.